The predicted molar refractivity (Wildman–Crippen MR) is 158 cm³/mol. The lowest BCUT2D eigenvalue weighted by atomic mass is 10.00. The summed E-state index contributed by atoms with van der Waals surface area (Å²) in [5, 5.41) is 1.87. The first-order valence-electron chi connectivity index (χ1n) is 13.0. The highest BCUT2D eigenvalue weighted by atomic mass is 32.2. The molecule has 0 saturated heterocycles. The van der Waals surface area contributed by atoms with Gasteiger partial charge in [-0.15, -0.1) is 0 Å². The molecule has 2 aromatic heterocycles. The van der Waals surface area contributed by atoms with Crippen LogP contribution in [0.4, 0.5) is 5.69 Å². The minimum atomic E-state index is -3.89. The second-order valence-electron chi connectivity index (χ2n) is 10.2. The summed E-state index contributed by atoms with van der Waals surface area (Å²) in [6, 6.07) is 30.6. The molecule has 1 atom stereocenters. The fraction of sp³-hybridized carbons (Fsp3) is 0.152. The highest BCUT2D eigenvalue weighted by Crippen LogP contribution is 2.43. The Bertz CT molecular complexity index is 1950. The average molecular weight is 535 g/mol. The van der Waals surface area contributed by atoms with Crippen LogP contribution in [-0.2, 0) is 10.0 Å². The topological polar surface area (TPSA) is 64.2 Å². The monoisotopic (exact) mass is 534 g/mol. The summed E-state index contributed by atoms with van der Waals surface area (Å²) >= 11 is 0. The number of furan rings is 1. The molecule has 2 heterocycles. The standard InChI is InChI=1S/C33H30N2O3S/c1-21-16-18-26(19-17-21)39(36,37)34-31-28-13-6-8-15-30(28)38-33(31)32(25-11-9-10-22(2)20-25)35-24(4)23(3)27-12-5-7-14-29(27)35/h5-20,32,34H,1-4H3. The van der Waals surface area contributed by atoms with Gasteiger partial charge in [0.25, 0.3) is 10.0 Å². The van der Waals surface area contributed by atoms with Crippen LogP contribution in [0.1, 0.15) is 39.7 Å². The van der Waals surface area contributed by atoms with Crippen LogP contribution in [0.25, 0.3) is 21.9 Å². The lowest BCUT2D eigenvalue weighted by Gasteiger charge is -2.23. The van der Waals surface area contributed by atoms with E-state index in [0.717, 1.165) is 33.3 Å². The van der Waals surface area contributed by atoms with Crippen molar-refractivity contribution in [3.8, 4) is 0 Å². The van der Waals surface area contributed by atoms with Crippen molar-refractivity contribution < 1.29 is 12.8 Å². The largest absolute Gasteiger partial charge is 0.456 e. The molecule has 0 spiro atoms. The van der Waals surface area contributed by atoms with Crippen LogP contribution >= 0.6 is 0 Å². The number of nitrogens with zero attached hydrogens (tertiary/aromatic N) is 1. The van der Waals surface area contributed by atoms with Crippen molar-refractivity contribution in [1.29, 1.82) is 0 Å². The molecule has 1 unspecified atom stereocenters. The van der Waals surface area contributed by atoms with Gasteiger partial charge in [0.05, 0.1) is 4.90 Å². The van der Waals surface area contributed by atoms with Gasteiger partial charge in [-0.1, -0.05) is 77.9 Å². The number of anilines is 1. The third kappa shape index (κ3) is 4.31. The Morgan fingerprint density at radius 3 is 2.18 bits per heavy atom. The van der Waals surface area contributed by atoms with Gasteiger partial charge in [-0.3, -0.25) is 4.72 Å². The minimum absolute atomic E-state index is 0.204. The van der Waals surface area contributed by atoms with E-state index in [4.69, 9.17) is 4.42 Å². The maximum atomic E-state index is 13.7. The number of aryl methyl sites for hydroxylation is 3. The van der Waals surface area contributed by atoms with Crippen LogP contribution in [0.15, 0.2) is 106 Å². The molecular weight excluding hydrogens is 504 g/mol. The van der Waals surface area contributed by atoms with Crippen LogP contribution in [0.2, 0.25) is 0 Å². The summed E-state index contributed by atoms with van der Waals surface area (Å²) in [6.07, 6.45) is 0. The third-order valence-electron chi connectivity index (χ3n) is 7.53. The number of benzene rings is 4. The normalized spacial score (nSPS) is 12.7. The van der Waals surface area contributed by atoms with Gasteiger partial charge in [0.2, 0.25) is 0 Å². The van der Waals surface area contributed by atoms with Gasteiger partial charge >= 0.3 is 0 Å². The second-order valence-corrected chi connectivity index (χ2v) is 11.9. The van der Waals surface area contributed by atoms with Crippen LogP contribution in [0, 0.1) is 27.7 Å². The van der Waals surface area contributed by atoms with E-state index in [2.05, 4.69) is 60.4 Å². The minimum Gasteiger partial charge on any atom is -0.456 e. The molecule has 6 aromatic rings. The zero-order valence-corrected chi connectivity index (χ0v) is 23.2. The van der Waals surface area contributed by atoms with Gasteiger partial charge in [0.15, 0.2) is 5.76 Å². The van der Waals surface area contributed by atoms with Crippen molar-refractivity contribution in [3.63, 3.8) is 0 Å². The molecule has 39 heavy (non-hydrogen) atoms. The number of hydrogen-bond donors (Lipinski definition) is 1. The highest BCUT2D eigenvalue weighted by molar-refractivity contribution is 7.92. The van der Waals surface area contributed by atoms with E-state index in [1.165, 1.54) is 5.56 Å². The van der Waals surface area contributed by atoms with Crippen molar-refractivity contribution in [3.05, 3.63) is 131 Å². The Kier molecular flexibility index (Phi) is 6.07. The Morgan fingerprint density at radius 2 is 1.44 bits per heavy atom. The van der Waals surface area contributed by atoms with Gasteiger partial charge in [-0.05, 0) is 69.2 Å². The van der Waals surface area contributed by atoms with Crippen molar-refractivity contribution in [1.82, 2.24) is 4.57 Å². The lowest BCUT2D eigenvalue weighted by Crippen LogP contribution is -2.18. The number of nitrogens with one attached hydrogen (secondary N) is 1. The highest BCUT2D eigenvalue weighted by Gasteiger charge is 2.31. The van der Waals surface area contributed by atoms with E-state index in [1.807, 2.05) is 49.4 Å². The number of aromatic nitrogens is 1. The molecule has 0 saturated carbocycles. The van der Waals surface area contributed by atoms with E-state index < -0.39 is 16.1 Å². The van der Waals surface area contributed by atoms with Crippen molar-refractivity contribution in [2.45, 2.75) is 38.6 Å². The molecule has 196 valence electrons. The van der Waals surface area contributed by atoms with Crippen LogP contribution in [-0.4, -0.2) is 13.0 Å². The molecule has 1 N–H and O–H groups in total. The molecule has 5 nitrogen and oxygen atoms in total. The van der Waals surface area contributed by atoms with E-state index in [-0.39, 0.29) is 4.90 Å². The van der Waals surface area contributed by atoms with Crippen LogP contribution in [0.3, 0.4) is 0 Å². The Hall–Kier alpha value is -4.29. The third-order valence-corrected chi connectivity index (χ3v) is 8.89. The summed E-state index contributed by atoms with van der Waals surface area (Å²) in [5.74, 6) is 0.543. The zero-order chi connectivity index (χ0) is 27.3. The Morgan fingerprint density at radius 1 is 0.744 bits per heavy atom. The van der Waals surface area contributed by atoms with Crippen LogP contribution in [0.5, 0.6) is 0 Å². The molecule has 0 aliphatic rings. The zero-order valence-electron chi connectivity index (χ0n) is 22.4. The number of hydrogen-bond acceptors (Lipinski definition) is 3. The molecule has 6 heteroatoms. The average Bonchev–Trinajstić information content (AvgIpc) is 3.40. The molecular formula is C33H30N2O3S. The fourth-order valence-corrected chi connectivity index (χ4v) is 6.51. The SMILES string of the molecule is Cc1ccc(S(=O)(=O)Nc2c(C(c3cccc(C)c3)n3c(C)c(C)c4ccccc43)oc3ccccc23)cc1. The van der Waals surface area contributed by atoms with E-state index in [1.54, 1.807) is 24.3 Å². The summed E-state index contributed by atoms with van der Waals surface area (Å²) in [4.78, 5) is 0.204. The van der Waals surface area contributed by atoms with Gasteiger partial charge < -0.3 is 8.98 Å². The van der Waals surface area contributed by atoms with E-state index >= 15 is 0 Å². The summed E-state index contributed by atoms with van der Waals surface area (Å²) in [5.41, 5.74) is 7.52. The Balaban J connectivity index is 1.65. The maximum Gasteiger partial charge on any atom is 0.262 e. The molecule has 0 fully saturated rings. The number of para-hydroxylation sites is 2. The fourth-order valence-electron chi connectivity index (χ4n) is 5.42. The summed E-state index contributed by atoms with van der Waals surface area (Å²) < 4.78 is 39.1. The van der Waals surface area contributed by atoms with Crippen LogP contribution < -0.4 is 4.72 Å². The smallest absolute Gasteiger partial charge is 0.262 e. The first kappa shape index (κ1) is 25.0. The molecule has 0 amide bonds. The molecule has 0 aliphatic heterocycles. The number of sulfonamides is 1. The summed E-state index contributed by atoms with van der Waals surface area (Å²) in [6.45, 7) is 8.23. The molecule has 0 aliphatic carbocycles. The molecule has 6 rings (SSSR count). The van der Waals surface area contributed by atoms with E-state index in [0.29, 0.717) is 22.4 Å². The summed E-state index contributed by atoms with van der Waals surface area (Å²) in [7, 11) is -3.89. The van der Waals surface area contributed by atoms with Gasteiger partial charge in [0, 0.05) is 22.0 Å². The molecule has 4 aromatic carbocycles. The van der Waals surface area contributed by atoms with Crippen molar-refractivity contribution in [2.24, 2.45) is 0 Å². The number of fused-ring (bicyclic) bond motifs is 2. The van der Waals surface area contributed by atoms with E-state index in [9.17, 15) is 8.42 Å². The Labute approximate surface area is 228 Å². The first-order valence-corrected chi connectivity index (χ1v) is 14.5. The predicted octanol–water partition coefficient (Wildman–Crippen LogP) is 8.06. The van der Waals surface area contributed by atoms with Gasteiger partial charge in [-0.25, -0.2) is 8.42 Å². The lowest BCUT2D eigenvalue weighted by molar-refractivity contribution is 0.492. The second kappa shape index (κ2) is 9.47. The molecule has 0 bridgehead atoms. The number of rotatable bonds is 6. The van der Waals surface area contributed by atoms with Gasteiger partial charge in [0.1, 0.15) is 17.3 Å². The maximum absolute atomic E-state index is 13.7. The van der Waals surface area contributed by atoms with Crippen molar-refractivity contribution in [2.75, 3.05) is 4.72 Å². The molecule has 0 radical (unpaired) electrons. The first-order chi connectivity index (χ1) is 18.7. The quantitative estimate of drug-likeness (QED) is 0.235. The van der Waals surface area contributed by atoms with Crippen molar-refractivity contribution >= 4 is 37.6 Å². The van der Waals surface area contributed by atoms with Gasteiger partial charge in [-0.2, -0.15) is 0 Å².